The molecule has 0 bridgehead atoms. The number of nitrogen functional groups attached to an aromatic ring is 1. The Balaban J connectivity index is 1.24. The molecule has 2 aromatic heterocycles. The number of rotatable bonds is 2. The van der Waals surface area contributed by atoms with Crippen molar-refractivity contribution in [2.45, 2.75) is 44.1 Å². The van der Waals surface area contributed by atoms with Gasteiger partial charge in [-0.1, -0.05) is 6.07 Å². The fraction of sp³-hybridized carbons (Fsp3) is 0.545. The van der Waals surface area contributed by atoms with Crippen LogP contribution in [0.5, 0.6) is 0 Å². The van der Waals surface area contributed by atoms with Crippen LogP contribution in [0.3, 0.4) is 0 Å². The monoisotopic (exact) mass is 395 g/mol. The second kappa shape index (κ2) is 5.80. The number of nitrogens with two attached hydrogens (primary N) is 1. The van der Waals surface area contributed by atoms with Crippen molar-refractivity contribution in [3.05, 3.63) is 34.7 Å². The predicted octanol–water partition coefficient (Wildman–Crippen LogP) is 3.58. The Bertz CT molecular complexity index is 956. The van der Waals surface area contributed by atoms with E-state index in [4.69, 9.17) is 10.5 Å². The lowest BCUT2D eigenvalue weighted by molar-refractivity contribution is -0.142. The van der Waals surface area contributed by atoms with E-state index in [1.54, 1.807) is 0 Å². The number of hydrogen-bond acceptors (Lipinski definition) is 5. The lowest BCUT2D eigenvalue weighted by Gasteiger charge is -2.44. The van der Waals surface area contributed by atoms with Crippen LogP contribution in [-0.4, -0.2) is 35.5 Å². The highest BCUT2D eigenvalue weighted by Crippen LogP contribution is 2.71. The van der Waals surface area contributed by atoms with Gasteiger partial charge in [0.25, 0.3) is 0 Å². The molecule has 2 saturated carbocycles. The molecule has 0 aromatic carbocycles. The number of amides is 1. The first-order chi connectivity index (χ1) is 13.6. The average Bonchev–Trinajstić information content (AvgIpc) is 3.59. The summed E-state index contributed by atoms with van der Waals surface area (Å²) in [7, 11) is 0. The van der Waals surface area contributed by atoms with E-state index in [1.165, 1.54) is 23.3 Å². The van der Waals surface area contributed by atoms with Crippen molar-refractivity contribution in [1.82, 2.24) is 9.88 Å². The van der Waals surface area contributed by atoms with Gasteiger partial charge in [-0.25, -0.2) is 4.98 Å². The number of pyridine rings is 1. The van der Waals surface area contributed by atoms with Crippen molar-refractivity contribution in [3.8, 4) is 10.6 Å². The van der Waals surface area contributed by atoms with E-state index in [1.807, 2.05) is 29.5 Å². The van der Waals surface area contributed by atoms with Crippen molar-refractivity contribution >= 4 is 23.1 Å². The van der Waals surface area contributed by atoms with Gasteiger partial charge in [-0.05, 0) is 61.3 Å². The Labute approximate surface area is 168 Å². The standard InChI is InChI=1S/C22H25N3O2S/c23-19-3-1-2-16(24-19)18-12-14-17(28-18)4-11-27-22(14)7-9-25(10-8-22)20(26)15-13-21(15)5-6-21/h1-3,12,15H,4-11,13H2,(H2,23,24). The summed E-state index contributed by atoms with van der Waals surface area (Å²) in [6, 6.07) is 8.06. The van der Waals surface area contributed by atoms with E-state index in [2.05, 4.69) is 16.0 Å². The first-order valence-electron chi connectivity index (χ1n) is 10.4. The number of hydrogen-bond donors (Lipinski definition) is 1. The third-order valence-corrected chi connectivity index (χ3v) is 8.51. The van der Waals surface area contributed by atoms with E-state index < -0.39 is 0 Å². The average molecular weight is 396 g/mol. The highest BCUT2D eigenvalue weighted by atomic mass is 32.1. The molecule has 1 amide bonds. The van der Waals surface area contributed by atoms with E-state index in [9.17, 15) is 4.79 Å². The van der Waals surface area contributed by atoms with Gasteiger partial charge in [0.15, 0.2) is 0 Å². The molecule has 2 aliphatic carbocycles. The summed E-state index contributed by atoms with van der Waals surface area (Å²) in [5.74, 6) is 1.28. The smallest absolute Gasteiger partial charge is 0.226 e. The molecule has 2 aliphatic heterocycles. The van der Waals surface area contributed by atoms with Gasteiger partial charge in [0.2, 0.25) is 5.91 Å². The fourth-order valence-electron chi connectivity index (χ4n) is 5.26. The molecule has 146 valence electrons. The zero-order valence-corrected chi connectivity index (χ0v) is 16.8. The van der Waals surface area contributed by atoms with Gasteiger partial charge in [0.05, 0.1) is 22.8 Å². The highest BCUT2D eigenvalue weighted by Gasteiger charge is 2.66. The maximum Gasteiger partial charge on any atom is 0.226 e. The van der Waals surface area contributed by atoms with E-state index >= 15 is 0 Å². The summed E-state index contributed by atoms with van der Waals surface area (Å²) in [4.78, 5) is 22.0. The van der Waals surface area contributed by atoms with Gasteiger partial charge in [-0.2, -0.15) is 0 Å². The Morgan fingerprint density at radius 3 is 2.79 bits per heavy atom. The van der Waals surface area contributed by atoms with E-state index in [0.717, 1.165) is 56.0 Å². The molecule has 1 unspecified atom stereocenters. The first kappa shape index (κ1) is 17.0. The second-order valence-electron chi connectivity index (χ2n) is 8.93. The number of fused-ring (bicyclic) bond motifs is 2. The molecule has 6 heteroatoms. The number of piperidine rings is 1. The molecule has 2 N–H and O–H groups in total. The summed E-state index contributed by atoms with van der Waals surface area (Å²) >= 11 is 1.82. The van der Waals surface area contributed by atoms with Crippen molar-refractivity contribution in [2.24, 2.45) is 11.3 Å². The lowest BCUT2D eigenvalue weighted by Crippen LogP contribution is -2.48. The summed E-state index contributed by atoms with van der Waals surface area (Å²) in [6.45, 7) is 2.39. The van der Waals surface area contributed by atoms with Crippen LogP contribution in [-0.2, 0) is 21.6 Å². The SMILES string of the molecule is Nc1cccc(-c2cc3c(s2)CCOC32CCN(C(=O)C3CC34CC4)CC2)n1. The van der Waals surface area contributed by atoms with E-state index in [-0.39, 0.29) is 5.60 Å². The van der Waals surface area contributed by atoms with Gasteiger partial charge in [-0.3, -0.25) is 4.79 Å². The number of carbonyl (C=O) groups is 1. The van der Waals surface area contributed by atoms with Crippen LogP contribution in [0, 0.1) is 11.3 Å². The number of thiophene rings is 1. The first-order valence-corrected chi connectivity index (χ1v) is 11.2. The summed E-state index contributed by atoms with van der Waals surface area (Å²) in [5, 5.41) is 0. The second-order valence-corrected chi connectivity index (χ2v) is 10.1. The number of carbonyl (C=O) groups excluding carboxylic acids is 1. The molecule has 5 nitrogen and oxygen atoms in total. The third kappa shape index (κ3) is 2.54. The van der Waals surface area contributed by atoms with Crippen LogP contribution in [0.25, 0.3) is 10.6 Å². The summed E-state index contributed by atoms with van der Waals surface area (Å²) in [6.07, 6.45) is 6.41. The number of anilines is 1. The Kier molecular flexibility index (Phi) is 3.52. The molecule has 4 aliphatic rings. The van der Waals surface area contributed by atoms with Crippen molar-refractivity contribution in [3.63, 3.8) is 0 Å². The molecule has 4 heterocycles. The topological polar surface area (TPSA) is 68.5 Å². The highest BCUT2D eigenvalue weighted by molar-refractivity contribution is 7.15. The number of aromatic nitrogens is 1. The lowest BCUT2D eigenvalue weighted by atomic mass is 9.82. The molecule has 1 atom stereocenters. The van der Waals surface area contributed by atoms with Crippen LogP contribution in [0.4, 0.5) is 5.82 Å². The minimum atomic E-state index is -0.236. The maximum absolute atomic E-state index is 12.8. The van der Waals surface area contributed by atoms with Crippen LogP contribution in [0.15, 0.2) is 24.3 Å². The Morgan fingerprint density at radius 2 is 2.07 bits per heavy atom. The Morgan fingerprint density at radius 1 is 1.25 bits per heavy atom. The maximum atomic E-state index is 12.8. The number of ether oxygens (including phenoxy) is 1. The molecule has 28 heavy (non-hydrogen) atoms. The molecule has 2 spiro atoms. The van der Waals surface area contributed by atoms with Crippen LogP contribution in [0.1, 0.15) is 42.5 Å². The minimum absolute atomic E-state index is 0.236. The Hall–Kier alpha value is -1.92. The number of likely N-dealkylation sites (tertiary alicyclic amines) is 1. The molecular weight excluding hydrogens is 370 g/mol. The van der Waals surface area contributed by atoms with Crippen molar-refractivity contribution in [2.75, 3.05) is 25.4 Å². The van der Waals surface area contributed by atoms with Gasteiger partial charge in [0, 0.05) is 30.3 Å². The fourth-order valence-corrected chi connectivity index (χ4v) is 6.46. The predicted molar refractivity (Wildman–Crippen MR) is 109 cm³/mol. The summed E-state index contributed by atoms with van der Waals surface area (Å²) in [5.41, 5.74) is 8.34. The molecular formula is C22H25N3O2S. The zero-order valence-electron chi connectivity index (χ0n) is 15.9. The molecule has 0 radical (unpaired) electrons. The molecule has 2 aromatic rings. The van der Waals surface area contributed by atoms with Gasteiger partial charge in [0.1, 0.15) is 5.82 Å². The van der Waals surface area contributed by atoms with Crippen LogP contribution < -0.4 is 5.73 Å². The number of nitrogens with zero attached hydrogens (tertiary/aromatic N) is 2. The quantitative estimate of drug-likeness (QED) is 0.844. The van der Waals surface area contributed by atoms with Gasteiger partial charge in [-0.15, -0.1) is 11.3 Å². The molecule has 3 fully saturated rings. The van der Waals surface area contributed by atoms with Crippen LogP contribution in [0.2, 0.25) is 0 Å². The van der Waals surface area contributed by atoms with Gasteiger partial charge >= 0.3 is 0 Å². The largest absolute Gasteiger partial charge is 0.384 e. The molecule has 6 rings (SSSR count). The van der Waals surface area contributed by atoms with Crippen molar-refractivity contribution in [1.29, 1.82) is 0 Å². The zero-order chi connectivity index (χ0) is 18.9. The van der Waals surface area contributed by atoms with Gasteiger partial charge < -0.3 is 15.4 Å². The molecule has 1 saturated heterocycles. The minimum Gasteiger partial charge on any atom is -0.384 e. The van der Waals surface area contributed by atoms with Crippen molar-refractivity contribution < 1.29 is 9.53 Å². The normalized spacial score (nSPS) is 26.3. The third-order valence-electron chi connectivity index (χ3n) is 7.29. The van der Waals surface area contributed by atoms with E-state index in [0.29, 0.717) is 23.1 Å². The van der Waals surface area contributed by atoms with Crippen LogP contribution >= 0.6 is 11.3 Å². The summed E-state index contributed by atoms with van der Waals surface area (Å²) < 4.78 is 6.39.